The maximum Gasteiger partial charge on any atom is 0.364 e. The van der Waals surface area contributed by atoms with Gasteiger partial charge in [-0.15, -0.1) is 0 Å². The summed E-state index contributed by atoms with van der Waals surface area (Å²) in [6.45, 7) is 0. The van der Waals surface area contributed by atoms with Gasteiger partial charge in [-0.05, 0) is 30.3 Å². The van der Waals surface area contributed by atoms with E-state index >= 15 is 0 Å². The Balaban J connectivity index is 1.81. The lowest BCUT2D eigenvalue weighted by molar-refractivity contribution is -0.0584. The van der Waals surface area contributed by atoms with Gasteiger partial charge >= 0.3 is 5.97 Å². The summed E-state index contributed by atoms with van der Waals surface area (Å²) in [5.41, 5.74) is 0.421. The molecule has 0 saturated heterocycles. The van der Waals surface area contributed by atoms with E-state index < -0.39 is 27.8 Å². The molecule has 1 aliphatic heterocycles. The van der Waals surface area contributed by atoms with Crippen LogP contribution in [-0.2, 0) is 14.9 Å². The molecule has 2 aromatic rings. The highest BCUT2D eigenvalue weighted by atomic mass is 32.2. The van der Waals surface area contributed by atoms with Gasteiger partial charge in [0.1, 0.15) is 0 Å². The first-order valence-electron chi connectivity index (χ1n) is 7.04. The SMILES string of the molecule is CS(=O)(=O)Nc1cccc(C(=O)ON2C(=O)c3ccccc3C2=O)c1. The molecule has 2 aromatic carbocycles. The molecule has 0 radical (unpaired) electrons. The third-order valence-electron chi connectivity index (χ3n) is 3.33. The summed E-state index contributed by atoms with van der Waals surface area (Å²) in [6, 6.07) is 11.6. The molecule has 1 aliphatic rings. The van der Waals surface area contributed by atoms with Crippen LogP contribution in [0.1, 0.15) is 31.1 Å². The first kappa shape index (κ1) is 16.7. The zero-order valence-corrected chi connectivity index (χ0v) is 13.7. The second kappa shape index (κ2) is 6.02. The van der Waals surface area contributed by atoms with Crippen molar-refractivity contribution in [3.63, 3.8) is 0 Å². The summed E-state index contributed by atoms with van der Waals surface area (Å²) in [7, 11) is -3.52. The van der Waals surface area contributed by atoms with Gasteiger partial charge in [-0.1, -0.05) is 23.3 Å². The van der Waals surface area contributed by atoms with Gasteiger partial charge in [0.2, 0.25) is 10.0 Å². The molecule has 3 rings (SSSR count). The lowest BCUT2D eigenvalue weighted by Gasteiger charge is -2.13. The molecule has 1 N–H and O–H groups in total. The van der Waals surface area contributed by atoms with Crippen molar-refractivity contribution in [1.82, 2.24) is 5.06 Å². The molecule has 25 heavy (non-hydrogen) atoms. The summed E-state index contributed by atoms with van der Waals surface area (Å²) in [6.07, 6.45) is 0.969. The van der Waals surface area contributed by atoms with Crippen molar-refractivity contribution in [2.75, 3.05) is 11.0 Å². The van der Waals surface area contributed by atoms with Gasteiger partial charge in [-0.25, -0.2) is 13.2 Å². The Morgan fingerprint density at radius 2 is 1.60 bits per heavy atom. The second-order valence-electron chi connectivity index (χ2n) is 5.28. The molecule has 0 aromatic heterocycles. The number of carbonyl (C=O) groups excluding carboxylic acids is 3. The van der Waals surface area contributed by atoms with E-state index in [9.17, 15) is 22.8 Å². The van der Waals surface area contributed by atoms with Crippen molar-refractivity contribution in [1.29, 1.82) is 0 Å². The standard InChI is InChI=1S/C16H12N2O6S/c1-25(22,23)17-11-6-4-5-10(9-11)16(21)24-18-14(19)12-7-2-3-8-13(12)15(18)20/h2-9,17H,1H3. The quantitative estimate of drug-likeness (QED) is 0.826. The van der Waals surface area contributed by atoms with Crippen LogP contribution in [0, 0.1) is 0 Å². The first-order chi connectivity index (χ1) is 11.8. The Bertz CT molecular complexity index is 964. The number of nitrogens with one attached hydrogen (secondary N) is 1. The van der Waals surface area contributed by atoms with Crippen molar-refractivity contribution in [2.24, 2.45) is 0 Å². The van der Waals surface area contributed by atoms with E-state index in [1.165, 1.54) is 36.4 Å². The summed E-state index contributed by atoms with van der Waals surface area (Å²) in [4.78, 5) is 41.5. The number of fused-ring (bicyclic) bond motifs is 1. The molecule has 0 bridgehead atoms. The maximum absolute atomic E-state index is 12.2. The molecule has 2 amide bonds. The Morgan fingerprint density at radius 3 is 2.16 bits per heavy atom. The van der Waals surface area contributed by atoms with Crippen molar-refractivity contribution < 1.29 is 27.6 Å². The number of sulfonamides is 1. The first-order valence-corrected chi connectivity index (χ1v) is 8.93. The highest BCUT2D eigenvalue weighted by Crippen LogP contribution is 2.23. The van der Waals surface area contributed by atoms with Crippen LogP contribution >= 0.6 is 0 Å². The van der Waals surface area contributed by atoms with E-state index in [1.54, 1.807) is 12.1 Å². The fraction of sp³-hybridized carbons (Fsp3) is 0.0625. The van der Waals surface area contributed by atoms with E-state index in [0.29, 0.717) is 5.06 Å². The van der Waals surface area contributed by atoms with Gasteiger partial charge < -0.3 is 4.84 Å². The predicted molar refractivity (Wildman–Crippen MR) is 87.3 cm³/mol. The third kappa shape index (κ3) is 3.36. The number of hydrogen-bond donors (Lipinski definition) is 1. The molecule has 0 fully saturated rings. The fourth-order valence-electron chi connectivity index (χ4n) is 2.31. The number of rotatable bonds is 4. The van der Waals surface area contributed by atoms with Crippen LogP contribution in [0.4, 0.5) is 5.69 Å². The number of amides is 2. The molecule has 8 nitrogen and oxygen atoms in total. The Hall–Kier alpha value is -3.20. The second-order valence-corrected chi connectivity index (χ2v) is 7.03. The van der Waals surface area contributed by atoms with Gasteiger partial charge in [-0.3, -0.25) is 14.3 Å². The molecule has 0 saturated carbocycles. The van der Waals surface area contributed by atoms with Crippen molar-refractivity contribution in [2.45, 2.75) is 0 Å². The van der Waals surface area contributed by atoms with Crippen molar-refractivity contribution in [3.05, 3.63) is 65.2 Å². The van der Waals surface area contributed by atoms with E-state index in [-0.39, 0.29) is 22.4 Å². The zero-order chi connectivity index (χ0) is 18.2. The average Bonchev–Trinajstić information content (AvgIpc) is 2.79. The van der Waals surface area contributed by atoms with E-state index in [1.807, 2.05) is 0 Å². The van der Waals surface area contributed by atoms with Crippen LogP contribution in [0.25, 0.3) is 0 Å². The lowest BCUT2D eigenvalue weighted by atomic mass is 10.1. The number of imide groups is 1. The van der Waals surface area contributed by atoms with Crippen molar-refractivity contribution in [3.8, 4) is 0 Å². The number of anilines is 1. The van der Waals surface area contributed by atoms with E-state index in [2.05, 4.69) is 4.72 Å². The molecule has 128 valence electrons. The van der Waals surface area contributed by atoms with Crippen LogP contribution in [-0.4, -0.2) is 37.5 Å². The Kier molecular flexibility index (Phi) is 4.01. The van der Waals surface area contributed by atoms with Gasteiger partial charge in [-0.2, -0.15) is 0 Å². The monoisotopic (exact) mass is 360 g/mol. The largest absolute Gasteiger partial charge is 0.364 e. The molecule has 1 heterocycles. The minimum Gasteiger partial charge on any atom is -0.324 e. The average molecular weight is 360 g/mol. The Morgan fingerprint density at radius 1 is 1.00 bits per heavy atom. The highest BCUT2D eigenvalue weighted by Gasteiger charge is 2.38. The number of carbonyl (C=O) groups is 3. The van der Waals surface area contributed by atoms with Crippen LogP contribution in [0.15, 0.2) is 48.5 Å². The summed E-state index contributed by atoms with van der Waals surface area (Å²) in [5.74, 6) is -2.44. The van der Waals surface area contributed by atoms with E-state index in [4.69, 9.17) is 4.84 Å². The topological polar surface area (TPSA) is 110 Å². The van der Waals surface area contributed by atoms with Gasteiger partial charge in [0.05, 0.1) is 22.9 Å². The molecular formula is C16H12N2O6S. The number of benzene rings is 2. The number of hydrogen-bond acceptors (Lipinski definition) is 6. The minimum atomic E-state index is -3.52. The Labute approximate surface area is 143 Å². The van der Waals surface area contributed by atoms with Crippen LogP contribution in [0.3, 0.4) is 0 Å². The summed E-state index contributed by atoms with van der Waals surface area (Å²) >= 11 is 0. The minimum absolute atomic E-state index is 0.0230. The molecular weight excluding hydrogens is 348 g/mol. The molecule has 0 atom stereocenters. The van der Waals surface area contributed by atoms with Crippen LogP contribution in [0.2, 0.25) is 0 Å². The third-order valence-corrected chi connectivity index (χ3v) is 3.94. The predicted octanol–water partition coefficient (Wildman–Crippen LogP) is 1.43. The zero-order valence-electron chi connectivity index (χ0n) is 12.9. The fourth-order valence-corrected chi connectivity index (χ4v) is 2.86. The summed E-state index contributed by atoms with van der Waals surface area (Å²) in [5, 5.41) is 0.393. The van der Waals surface area contributed by atoms with Gasteiger partial charge in [0, 0.05) is 5.69 Å². The van der Waals surface area contributed by atoms with Gasteiger partial charge in [0.15, 0.2) is 0 Å². The number of nitrogens with zero attached hydrogens (tertiary/aromatic N) is 1. The smallest absolute Gasteiger partial charge is 0.324 e. The molecule has 0 aliphatic carbocycles. The molecule has 9 heteroatoms. The van der Waals surface area contributed by atoms with Crippen LogP contribution in [0.5, 0.6) is 0 Å². The van der Waals surface area contributed by atoms with Gasteiger partial charge in [0.25, 0.3) is 11.8 Å². The number of hydroxylamine groups is 2. The molecule has 0 unspecified atom stereocenters. The highest BCUT2D eigenvalue weighted by molar-refractivity contribution is 7.92. The van der Waals surface area contributed by atoms with Crippen molar-refractivity contribution >= 4 is 33.5 Å². The van der Waals surface area contributed by atoms with E-state index in [0.717, 1.165) is 6.26 Å². The normalized spacial score (nSPS) is 13.6. The summed E-state index contributed by atoms with van der Waals surface area (Å²) < 4.78 is 24.7. The van der Waals surface area contributed by atoms with Crippen LogP contribution < -0.4 is 4.72 Å². The maximum atomic E-state index is 12.2. The molecule has 0 spiro atoms. The lowest BCUT2D eigenvalue weighted by Crippen LogP contribution is -2.32.